The number of pyridine rings is 1. The molecule has 0 fully saturated rings. The highest BCUT2D eigenvalue weighted by Crippen LogP contribution is 2.21. The first-order chi connectivity index (χ1) is 11.1. The van der Waals surface area contributed by atoms with Gasteiger partial charge in [0.2, 0.25) is 0 Å². The lowest BCUT2D eigenvalue weighted by Crippen LogP contribution is -2.29. The Hall–Kier alpha value is -2.73. The first-order valence-electron chi connectivity index (χ1n) is 6.85. The van der Waals surface area contributed by atoms with Gasteiger partial charge in [0.05, 0.1) is 11.2 Å². The summed E-state index contributed by atoms with van der Waals surface area (Å²) in [6.45, 7) is 0. The molecule has 0 aliphatic rings. The van der Waals surface area contributed by atoms with Crippen LogP contribution < -0.4 is 10.6 Å². The molecule has 0 spiro atoms. The topological polar surface area (TPSA) is 71.1 Å². The number of carbonyl (C=O) groups is 2. The van der Waals surface area contributed by atoms with Crippen LogP contribution in [0.2, 0.25) is 0 Å². The first-order valence-corrected chi connectivity index (χ1v) is 7.64. The van der Waals surface area contributed by atoms with Gasteiger partial charge in [-0.1, -0.05) is 40.2 Å². The van der Waals surface area contributed by atoms with Crippen LogP contribution in [0.15, 0.2) is 65.3 Å². The maximum absolute atomic E-state index is 12.1. The number of rotatable bonds is 2. The molecule has 0 saturated heterocycles. The van der Waals surface area contributed by atoms with E-state index in [2.05, 4.69) is 31.5 Å². The Bertz CT molecular complexity index is 890. The number of fused-ring (bicyclic) bond motifs is 1. The van der Waals surface area contributed by atoms with E-state index in [4.69, 9.17) is 0 Å². The number of aromatic nitrogens is 1. The maximum atomic E-state index is 12.1. The molecule has 1 aromatic heterocycles. The zero-order valence-electron chi connectivity index (χ0n) is 11.9. The molecule has 5 nitrogen and oxygen atoms in total. The predicted octanol–water partition coefficient (Wildman–Crippen LogP) is 3.57. The second kappa shape index (κ2) is 6.58. The SMILES string of the molecule is O=C(Nc1cccc(Br)c1)C(=O)Nc1cccc2cccnc12. The van der Waals surface area contributed by atoms with E-state index in [1.54, 1.807) is 36.5 Å². The van der Waals surface area contributed by atoms with Crippen LogP contribution in [-0.2, 0) is 9.59 Å². The summed E-state index contributed by atoms with van der Waals surface area (Å²) >= 11 is 3.31. The normalized spacial score (nSPS) is 10.3. The Labute approximate surface area is 140 Å². The fourth-order valence-corrected chi connectivity index (χ4v) is 2.54. The van der Waals surface area contributed by atoms with Gasteiger partial charge in [-0.3, -0.25) is 14.6 Å². The number of hydrogen-bond donors (Lipinski definition) is 2. The zero-order chi connectivity index (χ0) is 16.2. The number of halogens is 1. The van der Waals surface area contributed by atoms with Gasteiger partial charge in [-0.15, -0.1) is 0 Å². The molecular formula is C17H12BrN3O2. The van der Waals surface area contributed by atoms with E-state index in [1.807, 2.05) is 24.3 Å². The van der Waals surface area contributed by atoms with E-state index < -0.39 is 11.8 Å². The number of benzene rings is 2. The lowest BCUT2D eigenvalue weighted by molar-refractivity contribution is -0.132. The number of para-hydroxylation sites is 1. The largest absolute Gasteiger partial charge is 0.318 e. The monoisotopic (exact) mass is 369 g/mol. The molecule has 23 heavy (non-hydrogen) atoms. The predicted molar refractivity (Wildman–Crippen MR) is 93.1 cm³/mol. The van der Waals surface area contributed by atoms with Gasteiger partial charge < -0.3 is 10.6 Å². The molecule has 0 bridgehead atoms. The van der Waals surface area contributed by atoms with E-state index >= 15 is 0 Å². The summed E-state index contributed by atoms with van der Waals surface area (Å²) in [5, 5.41) is 6.03. The van der Waals surface area contributed by atoms with Crippen LogP contribution in [0.3, 0.4) is 0 Å². The number of anilines is 2. The van der Waals surface area contributed by atoms with Crippen molar-refractivity contribution in [3.8, 4) is 0 Å². The Morgan fingerprint density at radius 3 is 2.48 bits per heavy atom. The second-order valence-corrected chi connectivity index (χ2v) is 5.71. The van der Waals surface area contributed by atoms with E-state index in [-0.39, 0.29) is 0 Å². The third-order valence-electron chi connectivity index (χ3n) is 3.17. The number of carbonyl (C=O) groups excluding carboxylic acids is 2. The van der Waals surface area contributed by atoms with Crippen LogP contribution in [0.25, 0.3) is 10.9 Å². The van der Waals surface area contributed by atoms with Crippen molar-refractivity contribution < 1.29 is 9.59 Å². The number of amides is 2. The van der Waals surface area contributed by atoms with Crippen molar-refractivity contribution in [2.45, 2.75) is 0 Å². The molecule has 0 aliphatic carbocycles. The van der Waals surface area contributed by atoms with Crippen molar-refractivity contribution in [3.05, 3.63) is 65.3 Å². The summed E-state index contributed by atoms with van der Waals surface area (Å²) in [6.07, 6.45) is 1.64. The van der Waals surface area contributed by atoms with Gasteiger partial charge >= 0.3 is 11.8 Å². The molecule has 2 N–H and O–H groups in total. The van der Waals surface area contributed by atoms with Crippen LogP contribution >= 0.6 is 15.9 Å². The van der Waals surface area contributed by atoms with Gasteiger partial charge in [-0.2, -0.15) is 0 Å². The summed E-state index contributed by atoms with van der Waals surface area (Å²) in [6, 6.07) is 16.1. The average molecular weight is 370 g/mol. The number of nitrogens with zero attached hydrogens (tertiary/aromatic N) is 1. The Balaban J connectivity index is 1.77. The van der Waals surface area contributed by atoms with E-state index in [0.29, 0.717) is 16.9 Å². The minimum Gasteiger partial charge on any atom is -0.318 e. The fraction of sp³-hybridized carbons (Fsp3) is 0. The molecule has 0 saturated carbocycles. The second-order valence-electron chi connectivity index (χ2n) is 4.80. The summed E-state index contributed by atoms with van der Waals surface area (Å²) in [5.41, 5.74) is 1.67. The standard InChI is InChI=1S/C17H12BrN3O2/c18-12-6-2-7-13(10-12)20-16(22)17(23)21-14-8-1-4-11-5-3-9-19-15(11)14/h1-10H,(H,20,22)(H,21,23). The van der Waals surface area contributed by atoms with Gasteiger partial charge in [0.1, 0.15) is 0 Å². The molecule has 0 radical (unpaired) electrons. The van der Waals surface area contributed by atoms with Crippen LogP contribution in [0.5, 0.6) is 0 Å². The molecule has 0 aliphatic heterocycles. The first kappa shape index (κ1) is 15.2. The molecule has 0 unspecified atom stereocenters. The van der Waals surface area contributed by atoms with Crippen molar-refractivity contribution in [3.63, 3.8) is 0 Å². The molecule has 1 heterocycles. The zero-order valence-corrected chi connectivity index (χ0v) is 13.5. The molecular weight excluding hydrogens is 358 g/mol. The van der Waals surface area contributed by atoms with E-state index in [0.717, 1.165) is 9.86 Å². The van der Waals surface area contributed by atoms with Gasteiger partial charge in [0, 0.05) is 21.7 Å². The van der Waals surface area contributed by atoms with Crippen LogP contribution in [0.4, 0.5) is 11.4 Å². The fourth-order valence-electron chi connectivity index (χ4n) is 2.14. The average Bonchev–Trinajstić information content (AvgIpc) is 2.55. The lowest BCUT2D eigenvalue weighted by Gasteiger charge is -2.08. The van der Waals surface area contributed by atoms with Gasteiger partial charge in [-0.05, 0) is 30.3 Å². The van der Waals surface area contributed by atoms with E-state index in [1.165, 1.54) is 0 Å². The van der Waals surface area contributed by atoms with Gasteiger partial charge in [0.15, 0.2) is 0 Å². The summed E-state index contributed by atoms with van der Waals surface area (Å²) < 4.78 is 0.814. The quantitative estimate of drug-likeness (QED) is 0.678. The molecule has 3 aromatic rings. The van der Waals surface area contributed by atoms with Gasteiger partial charge in [-0.25, -0.2) is 0 Å². The number of hydrogen-bond acceptors (Lipinski definition) is 3. The highest BCUT2D eigenvalue weighted by Gasteiger charge is 2.15. The minimum absolute atomic E-state index is 0.498. The summed E-state index contributed by atoms with van der Waals surface area (Å²) in [5.74, 6) is -1.49. The molecule has 114 valence electrons. The Morgan fingerprint density at radius 1 is 0.913 bits per heavy atom. The number of nitrogens with one attached hydrogen (secondary N) is 2. The molecule has 6 heteroatoms. The van der Waals surface area contributed by atoms with Crippen molar-refractivity contribution in [2.24, 2.45) is 0 Å². The molecule has 2 amide bonds. The highest BCUT2D eigenvalue weighted by atomic mass is 79.9. The minimum atomic E-state index is -0.747. The summed E-state index contributed by atoms with van der Waals surface area (Å²) in [7, 11) is 0. The van der Waals surface area contributed by atoms with Crippen LogP contribution in [0.1, 0.15) is 0 Å². The Kier molecular flexibility index (Phi) is 4.34. The lowest BCUT2D eigenvalue weighted by atomic mass is 10.2. The van der Waals surface area contributed by atoms with E-state index in [9.17, 15) is 9.59 Å². The molecule has 2 aromatic carbocycles. The third-order valence-corrected chi connectivity index (χ3v) is 3.66. The third kappa shape index (κ3) is 3.54. The molecule has 3 rings (SSSR count). The van der Waals surface area contributed by atoms with Crippen LogP contribution in [0, 0.1) is 0 Å². The summed E-state index contributed by atoms with van der Waals surface area (Å²) in [4.78, 5) is 28.3. The smallest absolute Gasteiger partial charge is 0.314 e. The maximum Gasteiger partial charge on any atom is 0.314 e. The van der Waals surface area contributed by atoms with Crippen molar-refractivity contribution >= 4 is 50.0 Å². The Morgan fingerprint density at radius 2 is 1.65 bits per heavy atom. The van der Waals surface area contributed by atoms with Crippen molar-refractivity contribution in [1.82, 2.24) is 4.98 Å². The molecule has 0 atom stereocenters. The van der Waals surface area contributed by atoms with Crippen LogP contribution in [-0.4, -0.2) is 16.8 Å². The van der Waals surface area contributed by atoms with Gasteiger partial charge in [0.25, 0.3) is 0 Å². The van der Waals surface area contributed by atoms with Crippen molar-refractivity contribution in [2.75, 3.05) is 10.6 Å². The van der Waals surface area contributed by atoms with Crippen molar-refractivity contribution in [1.29, 1.82) is 0 Å². The highest BCUT2D eigenvalue weighted by molar-refractivity contribution is 9.10.